The fraction of sp³-hybridized carbons (Fsp3) is 0.312. The van der Waals surface area contributed by atoms with E-state index in [1.54, 1.807) is 30.5 Å². The zero-order valence-corrected chi connectivity index (χ0v) is 15.9. The number of benzene rings is 1. The first-order chi connectivity index (χ1) is 12.2. The molecule has 10 heteroatoms. The molecule has 2 rings (SSSR count). The summed E-state index contributed by atoms with van der Waals surface area (Å²) in [6.07, 6.45) is 0.0830. The maximum absolute atomic E-state index is 12.2. The molecular formula is C16H19N3O5S2. The standard InChI is InChI=1S/C16H19N3O5S2/c1-3-16(2,14(21)22)18-13(20)9-11-10-25-15(17-11)19-26(23,24)12-7-5-4-6-8-12/h4-8,10H,3,9H2,1-2H3,(H,17,19)(H,18,20)(H,21,22). The van der Waals surface area contributed by atoms with Gasteiger partial charge in [0.15, 0.2) is 5.13 Å². The number of carboxylic acids is 1. The van der Waals surface area contributed by atoms with Crippen LogP contribution in [0.2, 0.25) is 0 Å². The molecule has 0 saturated carbocycles. The minimum atomic E-state index is -3.75. The molecule has 0 spiro atoms. The van der Waals surface area contributed by atoms with Gasteiger partial charge in [-0.25, -0.2) is 18.2 Å². The van der Waals surface area contributed by atoms with Crippen molar-refractivity contribution in [2.24, 2.45) is 0 Å². The number of nitrogens with zero attached hydrogens (tertiary/aromatic N) is 1. The number of aliphatic carboxylic acids is 1. The van der Waals surface area contributed by atoms with Crippen molar-refractivity contribution in [3.63, 3.8) is 0 Å². The monoisotopic (exact) mass is 397 g/mol. The van der Waals surface area contributed by atoms with Gasteiger partial charge in [-0.1, -0.05) is 25.1 Å². The van der Waals surface area contributed by atoms with Gasteiger partial charge in [0.1, 0.15) is 5.54 Å². The highest BCUT2D eigenvalue weighted by atomic mass is 32.2. The molecule has 1 heterocycles. The Morgan fingerprint density at radius 3 is 2.50 bits per heavy atom. The zero-order chi connectivity index (χ0) is 19.4. The molecule has 3 N–H and O–H groups in total. The zero-order valence-electron chi connectivity index (χ0n) is 14.2. The molecule has 8 nitrogen and oxygen atoms in total. The highest BCUT2D eigenvalue weighted by Gasteiger charge is 2.32. The Kier molecular flexibility index (Phi) is 5.98. The van der Waals surface area contributed by atoms with Crippen LogP contribution >= 0.6 is 11.3 Å². The molecule has 0 aliphatic heterocycles. The van der Waals surface area contributed by atoms with Crippen molar-refractivity contribution in [2.75, 3.05) is 4.72 Å². The predicted octanol–water partition coefficient (Wildman–Crippen LogP) is 1.86. The second kappa shape index (κ2) is 7.83. The summed E-state index contributed by atoms with van der Waals surface area (Å²) in [7, 11) is -3.75. The van der Waals surface area contributed by atoms with Gasteiger partial charge in [-0.05, 0) is 25.5 Å². The van der Waals surface area contributed by atoms with Crippen LogP contribution in [0.4, 0.5) is 5.13 Å². The molecular weight excluding hydrogens is 378 g/mol. The summed E-state index contributed by atoms with van der Waals surface area (Å²) < 4.78 is 26.9. The van der Waals surface area contributed by atoms with E-state index in [0.29, 0.717) is 5.69 Å². The first kappa shape index (κ1) is 19.9. The number of rotatable bonds is 8. The highest BCUT2D eigenvalue weighted by molar-refractivity contribution is 7.93. The number of amides is 1. The number of sulfonamides is 1. The van der Waals surface area contributed by atoms with Crippen LogP contribution in [0.15, 0.2) is 40.6 Å². The van der Waals surface area contributed by atoms with Crippen LogP contribution in [0.5, 0.6) is 0 Å². The van der Waals surface area contributed by atoms with Crippen molar-refractivity contribution in [3.8, 4) is 0 Å². The van der Waals surface area contributed by atoms with Crippen molar-refractivity contribution < 1.29 is 23.1 Å². The number of hydrogen-bond acceptors (Lipinski definition) is 6. The summed E-state index contributed by atoms with van der Waals surface area (Å²) in [5, 5.41) is 13.3. The molecule has 2 aromatic rings. The lowest BCUT2D eigenvalue weighted by Crippen LogP contribution is -2.52. The van der Waals surface area contributed by atoms with Crippen molar-refractivity contribution in [1.29, 1.82) is 0 Å². The van der Waals surface area contributed by atoms with Crippen LogP contribution < -0.4 is 10.0 Å². The van der Waals surface area contributed by atoms with Crippen LogP contribution in [0.3, 0.4) is 0 Å². The third kappa shape index (κ3) is 4.79. The first-order valence-electron chi connectivity index (χ1n) is 7.73. The van der Waals surface area contributed by atoms with Gasteiger partial charge < -0.3 is 10.4 Å². The van der Waals surface area contributed by atoms with Crippen molar-refractivity contribution in [2.45, 2.75) is 37.1 Å². The number of carboxylic acid groups (broad SMARTS) is 1. The molecule has 0 aliphatic carbocycles. The topological polar surface area (TPSA) is 125 Å². The Morgan fingerprint density at radius 2 is 1.92 bits per heavy atom. The lowest BCUT2D eigenvalue weighted by Gasteiger charge is -2.24. The molecule has 0 saturated heterocycles. The molecule has 1 atom stereocenters. The maximum atomic E-state index is 12.2. The average Bonchev–Trinajstić information content (AvgIpc) is 3.01. The highest BCUT2D eigenvalue weighted by Crippen LogP contribution is 2.20. The minimum absolute atomic E-state index is 0.106. The Morgan fingerprint density at radius 1 is 1.27 bits per heavy atom. The van der Waals surface area contributed by atoms with Crippen LogP contribution in [0, 0.1) is 0 Å². The van der Waals surface area contributed by atoms with E-state index < -0.39 is 27.4 Å². The van der Waals surface area contributed by atoms with Gasteiger partial charge >= 0.3 is 5.97 Å². The normalized spacial score (nSPS) is 13.6. The quantitative estimate of drug-likeness (QED) is 0.624. The van der Waals surface area contributed by atoms with Gasteiger partial charge in [-0.3, -0.25) is 9.52 Å². The summed E-state index contributed by atoms with van der Waals surface area (Å²) in [6, 6.07) is 7.85. The number of nitrogens with one attached hydrogen (secondary N) is 2. The number of carbonyl (C=O) groups excluding carboxylic acids is 1. The van der Waals surface area contributed by atoms with E-state index in [1.807, 2.05) is 0 Å². The smallest absolute Gasteiger partial charge is 0.329 e. The van der Waals surface area contributed by atoms with Gasteiger partial charge in [0.05, 0.1) is 17.0 Å². The van der Waals surface area contributed by atoms with E-state index in [9.17, 15) is 23.1 Å². The predicted molar refractivity (Wildman–Crippen MR) is 97.5 cm³/mol. The summed E-state index contributed by atoms with van der Waals surface area (Å²) in [5.74, 6) is -1.62. The largest absolute Gasteiger partial charge is 0.480 e. The maximum Gasteiger partial charge on any atom is 0.329 e. The molecule has 26 heavy (non-hydrogen) atoms. The fourth-order valence-electron chi connectivity index (χ4n) is 2.02. The van der Waals surface area contributed by atoms with E-state index in [2.05, 4.69) is 15.0 Å². The van der Waals surface area contributed by atoms with E-state index in [0.717, 1.165) is 11.3 Å². The Balaban J connectivity index is 2.04. The van der Waals surface area contributed by atoms with Crippen LogP contribution in [0.25, 0.3) is 0 Å². The minimum Gasteiger partial charge on any atom is -0.480 e. The van der Waals surface area contributed by atoms with Gasteiger partial charge in [-0.2, -0.15) is 0 Å². The van der Waals surface area contributed by atoms with Crippen LogP contribution in [-0.4, -0.2) is 35.9 Å². The molecule has 0 aliphatic rings. The average molecular weight is 397 g/mol. The molecule has 0 radical (unpaired) electrons. The number of carbonyl (C=O) groups is 2. The van der Waals surface area contributed by atoms with Gasteiger partial charge in [0.25, 0.3) is 10.0 Å². The van der Waals surface area contributed by atoms with Gasteiger partial charge in [0, 0.05) is 5.38 Å². The first-order valence-corrected chi connectivity index (χ1v) is 10.1. The van der Waals surface area contributed by atoms with E-state index in [1.165, 1.54) is 19.1 Å². The van der Waals surface area contributed by atoms with Gasteiger partial charge in [0.2, 0.25) is 5.91 Å². The molecule has 1 aromatic heterocycles. The van der Waals surface area contributed by atoms with Crippen LogP contribution in [0.1, 0.15) is 26.0 Å². The number of thiazole rings is 1. The van der Waals surface area contributed by atoms with E-state index in [4.69, 9.17) is 0 Å². The third-order valence-corrected chi connectivity index (χ3v) is 6.05. The third-order valence-electron chi connectivity index (χ3n) is 3.76. The Bertz CT molecular complexity index is 896. The second-order valence-electron chi connectivity index (χ2n) is 5.78. The summed E-state index contributed by atoms with van der Waals surface area (Å²) >= 11 is 1.05. The molecule has 1 unspecified atom stereocenters. The Hall–Kier alpha value is -2.46. The van der Waals surface area contributed by atoms with Gasteiger partial charge in [-0.15, -0.1) is 11.3 Å². The summed E-state index contributed by atoms with van der Waals surface area (Å²) in [5.41, 5.74) is -1.01. The molecule has 140 valence electrons. The molecule has 1 amide bonds. The summed E-state index contributed by atoms with van der Waals surface area (Å²) in [6.45, 7) is 3.08. The molecule has 0 bridgehead atoms. The Labute approximate surface area is 155 Å². The second-order valence-corrected chi connectivity index (χ2v) is 8.32. The molecule has 1 aromatic carbocycles. The van der Waals surface area contributed by atoms with E-state index in [-0.39, 0.29) is 22.9 Å². The summed E-state index contributed by atoms with van der Waals surface area (Å²) in [4.78, 5) is 27.5. The van der Waals surface area contributed by atoms with E-state index >= 15 is 0 Å². The van der Waals surface area contributed by atoms with Crippen molar-refractivity contribution in [3.05, 3.63) is 41.4 Å². The number of hydrogen-bond donors (Lipinski definition) is 3. The number of aromatic nitrogens is 1. The lowest BCUT2D eigenvalue weighted by molar-refractivity contribution is -0.146. The fourth-order valence-corrected chi connectivity index (χ4v) is 4.00. The van der Waals surface area contributed by atoms with Crippen molar-refractivity contribution >= 4 is 38.4 Å². The van der Waals surface area contributed by atoms with Crippen molar-refractivity contribution in [1.82, 2.24) is 10.3 Å². The lowest BCUT2D eigenvalue weighted by atomic mass is 9.99. The SMILES string of the molecule is CCC(C)(NC(=O)Cc1csc(NS(=O)(=O)c2ccccc2)n1)C(=O)O. The number of anilines is 1. The van der Waals surface area contributed by atoms with Crippen LogP contribution in [-0.2, 0) is 26.0 Å². The molecule has 0 fully saturated rings.